The Kier molecular flexibility index (Phi) is 2.70. The van der Waals surface area contributed by atoms with Gasteiger partial charge in [-0.25, -0.2) is 8.78 Å². The van der Waals surface area contributed by atoms with Crippen LogP contribution in [0.3, 0.4) is 0 Å². The van der Waals surface area contributed by atoms with Crippen molar-refractivity contribution in [2.45, 2.75) is 31.6 Å². The Morgan fingerprint density at radius 1 is 0.737 bits per heavy atom. The van der Waals surface area contributed by atoms with Crippen LogP contribution in [0, 0.1) is 13.8 Å². The van der Waals surface area contributed by atoms with Crippen LogP contribution >= 0.6 is 0 Å². The molecule has 0 radical (unpaired) electrons. The minimum atomic E-state index is -2.63. The van der Waals surface area contributed by atoms with E-state index in [1.54, 1.807) is 0 Å². The number of halogens is 2. The van der Waals surface area contributed by atoms with E-state index in [0.29, 0.717) is 0 Å². The SMILES string of the molecule is Cc1ccccc1[C@@H]1[C@H](c2ccccc2C)C1(F)F. The second-order valence-corrected chi connectivity index (χ2v) is 5.34. The van der Waals surface area contributed by atoms with Crippen molar-refractivity contribution in [3.05, 3.63) is 70.8 Å². The summed E-state index contributed by atoms with van der Waals surface area (Å²) in [7, 11) is 0. The van der Waals surface area contributed by atoms with Crippen molar-refractivity contribution in [1.82, 2.24) is 0 Å². The first-order chi connectivity index (χ1) is 9.03. The van der Waals surface area contributed by atoms with Gasteiger partial charge in [0.05, 0.1) is 11.8 Å². The molecule has 2 aromatic carbocycles. The van der Waals surface area contributed by atoms with Gasteiger partial charge in [0.2, 0.25) is 0 Å². The lowest BCUT2D eigenvalue weighted by molar-refractivity contribution is 0.105. The monoisotopic (exact) mass is 258 g/mol. The van der Waals surface area contributed by atoms with Crippen LogP contribution in [-0.2, 0) is 0 Å². The third kappa shape index (κ3) is 1.86. The first kappa shape index (κ1) is 12.3. The largest absolute Gasteiger partial charge is 0.263 e. The summed E-state index contributed by atoms with van der Waals surface area (Å²) in [5.74, 6) is -3.97. The van der Waals surface area contributed by atoms with E-state index in [4.69, 9.17) is 0 Å². The zero-order valence-electron chi connectivity index (χ0n) is 11.0. The fraction of sp³-hybridized carbons (Fsp3) is 0.294. The van der Waals surface area contributed by atoms with Crippen LogP contribution in [-0.4, -0.2) is 5.92 Å². The van der Waals surface area contributed by atoms with E-state index >= 15 is 0 Å². The number of hydrogen-bond donors (Lipinski definition) is 0. The van der Waals surface area contributed by atoms with Gasteiger partial charge in [-0.2, -0.15) is 0 Å². The molecule has 2 heteroatoms. The third-order valence-electron chi connectivity index (χ3n) is 4.10. The zero-order valence-corrected chi connectivity index (χ0v) is 11.0. The highest BCUT2D eigenvalue weighted by Gasteiger charge is 2.69. The predicted molar refractivity (Wildman–Crippen MR) is 72.8 cm³/mol. The molecule has 0 aliphatic heterocycles. The van der Waals surface area contributed by atoms with Gasteiger partial charge in [0.15, 0.2) is 0 Å². The van der Waals surface area contributed by atoms with Gasteiger partial charge in [0.1, 0.15) is 0 Å². The molecule has 1 aliphatic rings. The van der Waals surface area contributed by atoms with Crippen molar-refractivity contribution in [2.75, 3.05) is 0 Å². The van der Waals surface area contributed by atoms with Crippen LogP contribution in [0.1, 0.15) is 34.1 Å². The lowest BCUT2D eigenvalue weighted by Gasteiger charge is -2.05. The molecule has 0 aromatic heterocycles. The van der Waals surface area contributed by atoms with Crippen LogP contribution < -0.4 is 0 Å². The molecule has 0 unspecified atom stereocenters. The molecular formula is C17H16F2. The molecule has 1 saturated carbocycles. The molecule has 2 aromatic rings. The molecular weight excluding hydrogens is 242 g/mol. The molecule has 1 fully saturated rings. The number of aryl methyl sites for hydroxylation is 2. The fourth-order valence-electron chi connectivity index (χ4n) is 2.97. The van der Waals surface area contributed by atoms with Crippen molar-refractivity contribution in [3.63, 3.8) is 0 Å². The Hall–Kier alpha value is -1.70. The topological polar surface area (TPSA) is 0 Å². The summed E-state index contributed by atoms with van der Waals surface area (Å²) in [6, 6.07) is 14.9. The predicted octanol–water partition coefficient (Wildman–Crippen LogP) is 4.82. The smallest absolute Gasteiger partial charge is 0.205 e. The summed E-state index contributed by atoms with van der Waals surface area (Å²) >= 11 is 0. The van der Waals surface area contributed by atoms with Gasteiger partial charge in [-0.15, -0.1) is 0 Å². The summed E-state index contributed by atoms with van der Waals surface area (Å²) in [5.41, 5.74) is 3.45. The Labute approximate surface area is 112 Å². The van der Waals surface area contributed by atoms with Crippen LogP contribution in [0.5, 0.6) is 0 Å². The van der Waals surface area contributed by atoms with Gasteiger partial charge in [-0.1, -0.05) is 48.5 Å². The van der Waals surface area contributed by atoms with E-state index in [2.05, 4.69) is 0 Å². The molecule has 0 heterocycles. The quantitative estimate of drug-likeness (QED) is 0.724. The van der Waals surface area contributed by atoms with Gasteiger partial charge in [0.25, 0.3) is 5.92 Å². The minimum absolute atomic E-state index is 0.671. The first-order valence-electron chi connectivity index (χ1n) is 6.52. The van der Waals surface area contributed by atoms with Gasteiger partial charge >= 0.3 is 0 Å². The molecule has 2 atom stereocenters. The number of hydrogen-bond acceptors (Lipinski definition) is 0. The second kappa shape index (κ2) is 4.16. The molecule has 0 amide bonds. The van der Waals surface area contributed by atoms with Crippen LogP contribution in [0.25, 0.3) is 0 Å². The fourth-order valence-corrected chi connectivity index (χ4v) is 2.97. The lowest BCUT2D eigenvalue weighted by Crippen LogP contribution is -1.96. The lowest BCUT2D eigenvalue weighted by atomic mass is 9.98. The van der Waals surface area contributed by atoms with E-state index in [1.807, 2.05) is 62.4 Å². The highest BCUT2D eigenvalue weighted by Crippen LogP contribution is 2.67. The van der Waals surface area contributed by atoms with Crippen LogP contribution in [0.15, 0.2) is 48.5 Å². The van der Waals surface area contributed by atoms with E-state index in [9.17, 15) is 8.78 Å². The summed E-state index contributed by atoms with van der Waals surface area (Å²) in [4.78, 5) is 0. The van der Waals surface area contributed by atoms with Gasteiger partial charge < -0.3 is 0 Å². The Morgan fingerprint density at radius 2 is 1.11 bits per heavy atom. The van der Waals surface area contributed by atoms with Crippen molar-refractivity contribution in [3.8, 4) is 0 Å². The highest BCUT2D eigenvalue weighted by atomic mass is 19.3. The Balaban J connectivity index is 2.02. The normalized spacial score (nSPS) is 24.2. The van der Waals surface area contributed by atoms with Gasteiger partial charge in [0, 0.05) is 0 Å². The third-order valence-corrected chi connectivity index (χ3v) is 4.10. The molecule has 0 N–H and O–H groups in total. The molecule has 0 bridgehead atoms. The maximum atomic E-state index is 14.2. The number of benzene rings is 2. The molecule has 3 rings (SSSR count). The Bertz CT molecular complexity index is 563. The highest BCUT2D eigenvalue weighted by molar-refractivity contribution is 5.48. The molecule has 19 heavy (non-hydrogen) atoms. The second-order valence-electron chi connectivity index (χ2n) is 5.34. The maximum absolute atomic E-state index is 14.2. The van der Waals surface area contributed by atoms with Crippen molar-refractivity contribution < 1.29 is 8.78 Å². The zero-order chi connectivity index (χ0) is 13.6. The van der Waals surface area contributed by atoms with E-state index in [1.165, 1.54) is 0 Å². The summed E-state index contributed by atoms with van der Waals surface area (Å²) < 4.78 is 28.4. The minimum Gasteiger partial charge on any atom is -0.205 e. The van der Waals surface area contributed by atoms with Crippen molar-refractivity contribution >= 4 is 0 Å². The average molecular weight is 258 g/mol. The summed E-state index contributed by atoms with van der Waals surface area (Å²) in [6.07, 6.45) is 0. The number of alkyl halides is 2. The van der Waals surface area contributed by atoms with Crippen molar-refractivity contribution in [2.24, 2.45) is 0 Å². The molecule has 1 aliphatic carbocycles. The van der Waals surface area contributed by atoms with E-state index in [0.717, 1.165) is 22.3 Å². The average Bonchev–Trinajstić information content (AvgIpc) is 2.93. The van der Waals surface area contributed by atoms with Crippen LogP contribution in [0.4, 0.5) is 8.78 Å². The van der Waals surface area contributed by atoms with E-state index < -0.39 is 17.8 Å². The van der Waals surface area contributed by atoms with Crippen molar-refractivity contribution in [1.29, 1.82) is 0 Å². The summed E-state index contributed by atoms with van der Waals surface area (Å²) in [5, 5.41) is 0. The molecule has 0 saturated heterocycles. The first-order valence-corrected chi connectivity index (χ1v) is 6.52. The summed E-state index contributed by atoms with van der Waals surface area (Å²) in [6.45, 7) is 3.80. The van der Waals surface area contributed by atoms with Gasteiger partial charge in [-0.3, -0.25) is 0 Å². The Morgan fingerprint density at radius 3 is 1.47 bits per heavy atom. The molecule has 98 valence electrons. The van der Waals surface area contributed by atoms with E-state index in [-0.39, 0.29) is 0 Å². The van der Waals surface area contributed by atoms with Gasteiger partial charge in [-0.05, 0) is 36.1 Å². The molecule has 0 spiro atoms. The number of rotatable bonds is 2. The van der Waals surface area contributed by atoms with Crippen LogP contribution in [0.2, 0.25) is 0 Å². The standard InChI is InChI=1S/C17H16F2/c1-11-7-3-5-9-13(11)15-16(17(15,18)19)14-10-6-4-8-12(14)2/h3-10,15-16H,1-2H3/t15-,16+. The maximum Gasteiger partial charge on any atom is 0.263 e. The molecule has 0 nitrogen and oxygen atoms in total.